The molecule has 1 fully saturated rings. The van der Waals surface area contributed by atoms with Crippen LogP contribution < -0.4 is 14.6 Å². The Kier molecular flexibility index (Phi) is 5.55. The monoisotopic (exact) mass is 328 g/mol. The second-order valence-electron chi connectivity index (χ2n) is 6.12. The van der Waals surface area contributed by atoms with Crippen LogP contribution in [0.15, 0.2) is 0 Å². The van der Waals surface area contributed by atoms with Crippen molar-refractivity contribution < 1.29 is 16.8 Å². The highest BCUT2D eigenvalue weighted by Crippen LogP contribution is 2.19. The van der Waals surface area contributed by atoms with Crippen molar-refractivity contribution in [1.29, 1.82) is 0 Å². The first-order valence-corrected chi connectivity index (χ1v) is 9.44. The fourth-order valence-electron chi connectivity index (χ4n) is 2.10. The molecule has 0 spiro atoms. The zero-order valence-corrected chi connectivity index (χ0v) is 13.7. The van der Waals surface area contributed by atoms with Crippen molar-refractivity contribution >= 4 is 20.4 Å². The largest absolute Gasteiger partial charge is 0.279 e. The summed E-state index contributed by atoms with van der Waals surface area (Å²) in [6.07, 6.45) is 1.46. The molecule has 4 N–H and O–H groups in total. The molecule has 120 valence electrons. The van der Waals surface area contributed by atoms with Gasteiger partial charge in [-0.25, -0.2) is 9.86 Å². The summed E-state index contributed by atoms with van der Waals surface area (Å²) in [5, 5.41) is 4.87. The van der Waals surface area contributed by atoms with Crippen molar-refractivity contribution in [1.82, 2.24) is 13.7 Å². The zero-order chi connectivity index (χ0) is 15.6. The molecule has 1 aliphatic heterocycles. The van der Waals surface area contributed by atoms with Gasteiger partial charge in [-0.2, -0.15) is 25.9 Å². The van der Waals surface area contributed by atoms with E-state index in [1.807, 2.05) is 0 Å². The second kappa shape index (κ2) is 6.24. The van der Waals surface area contributed by atoms with Gasteiger partial charge in [-0.3, -0.25) is 0 Å². The van der Waals surface area contributed by atoms with Crippen LogP contribution in [0, 0.1) is 5.92 Å². The van der Waals surface area contributed by atoms with Gasteiger partial charge >= 0.3 is 0 Å². The van der Waals surface area contributed by atoms with Crippen LogP contribution in [0.3, 0.4) is 0 Å². The molecule has 0 aromatic carbocycles. The SMILES string of the molecule is CC(C)(C)NS(=O)(=O)N1CCCC(CNS(N)(=O)=O)C1. The lowest BCUT2D eigenvalue weighted by Crippen LogP contribution is -2.52. The fourth-order valence-corrected chi connectivity index (χ4v) is 4.24. The Morgan fingerprint density at radius 1 is 1.25 bits per heavy atom. The van der Waals surface area contributed by atoms with Crippen LogP contribution in [0.1, 0.15) is 33.6 Å². The number of nitrogens with zero attached hydrogens (tertiary/aromatic N) is 1. The van der Waals surface area contributed by atoms with Crippen molar-refractivity contribution in [3.05, 3.63) is 0 Å². The first-order valence-electron chi connectivity index (χ1n) is 6.45. The van der Waals surface area contributed by atoms with Crippen LogP contribution in [0.4, 0.5) is 0 Å². The maximum Gasteiger partial charge on any atom is 0.279 e. The molecule has 0 aromatic rings. The molecule has 1 saturated heterocycles. The summed E-state index contributed by atoms with van der Waals surface area (Å²) >= 11 is 0. The van der Waals surface area contributed by atoms with Crippen LogP contribution in [-0.4, -0.2) is 46.3 Å². The molecule has 1 unspecified atom stereocenters. The van der Waals surface area contributed by atoms with Crippen molar-refractivity contribution in [3.8, 4) is 0 Å². The molecule has 20 heavy (non-hydrogen) atoms. The van der Waals surface area contributed by atoms with Crippen molar-refractivity contribution in [2.45, 2.75) is 39.2 Å². The number of hydrogen-bond donors (Lipinski definition) is 3. The van der Waals surface area contributed by atoms with Crippen LogP contribution in [-0.2, 0) is 20.4 Å². The van der Waals surface area contributed by atoms with Gasteiger partial charge in [0, 0.05) is 25.2 Å². The molecule has 1 rings (SSSR count). The van der Waals surface area contributed by atoms with Gasteiger partial charge in [0.1, 0.15) is 0 Å². The van der Waals surface area contributed by atoms with Gasteiger partial charge in [-0.15, -0.1) is 0 Å². The number of rotatable bonds is 5. The Labute approximate surface area is 121 Å². The van der Waals surface area contributed by atoms with Gasteiger partial charge < -0.3 is 0 Å². The van der Waals surface area contributed by atoms with Gasteiger partial charge in [0.2, 0.25) is 0 Å². The minimum atomic E-state index is -3.74. The van der Waals surface area contributed by atoms with Crippen LogP contribution in [0.5, 0.6) is 0 Å². The summed E-state index contributed by atoms with van der Waals surface area (Å²) in [6.45, 7) is 6.20. The highest BCUT2D eigenvalue weighted by molar-refractivity contribution is 7.87. The molecular formula is C10H24N4O4S2. The summed E-state index contributed by atoms with van der Waals surface area (Å²) in [5.74, 6) is -0.0707. The number of nitrogens with one attached hydrogen (secondary N) is 2. The molecule has 0 bridgehead atoms. The normalized spacial score (nSPS) is 22.9. The molecule has 8 nitrogen and oxygen atoms in total. The van der Waals surface area contributed by atoms with Gasteiger partial charge in [0.25, 0.3) is 20.4 Å². The van der Waals surface area contributed by atoms with Gasteiger partial charge in [-0.05, 0) is 39.5 Å². The molecule has 1 heterocycles. The van der Waals surface area contributed by atoms with Gasteiger partial charge in [0.15, 0.2) is 0 Å². The maximum absolute atomic E-state index is 12.2. The highest BCUT2D eigenvalue weighted by atomic mass is 32.2. The lowest BCUT2D eigenvalue weighted by molar-refractivity contribution is 0.261. The quantitative estimate of drug-likeness (QED) is 0.607. The Morgan fingerprint density at radius 3 is 2.35 bits per heavy atom. The lowest BCUT2D eigenvalue weighted by Gasteiger charge is -2.34. The minimum Gasteiger partial charge on any atom is -0.216 e. The van der Waals surface area contributed by atoms with E-state index >= 15 is 0 Å². The highest BCUT2D eigenvalue weighted by Gasteiger charge is 2.31. The zero-order valence-electron chi connectivity index (χ0n) is 12.1. The van der Waals surface area contributed by atoms with E-state index in [1.54, 1.807) is 20.8 Å². The third-order valence-corrected chi connectivity index (χ3v) is 5.28. The smallest absolute Gasteiger partial charge is 0.216 e. The van der Waals surface area contributed by atoms with Crippen LogP contribution in [0.2, 0.25) is 0 Å². The van der Waals surface area contributed by atoms with Crippen molar-refractivity contribution in [2.75, 3.05) is 19.6 Å². The molecule has 0 aliphatic carbocycles. The number of piperidine rings is 1. The second-order valence-corrected chi connectivity index (χ2v) is 9.17. The standard InChI is InChI=1S/C10H24N4O4S2/c1-10(2,3)13-20(17,18)14-6-4-5-9(8-14)7-12-19(11,15)16/h9,12-13H,4-8H2,1-3H3,(H2,11,15,16). The van der Waals surface area contributed by atoms with Crippen LogP contribution in [0.25, 0.3) is 0 Å². The summed E-state index contributed by atoms with van der Waals surface area (Å²) in [6, 6.07) is 0. The Balaban J connectivity index is 2.65. The molecule has 0 saturated carbocycles. The molecule has 0 amide bonds. The maximum atomic E-state index is 12.2. The summed E-state index contributed by atoms with van der Waals surface area (Å²) in [5.41, 5.74) is -0.551. The topological polar surface area (TPSA) is 122 Å². The van der Waals surface area contributed by atoms with E-state index in [9.17, 15) is 16.8 Å². The predicted octanol–water partition coefficient (Wildman–Crippen LogP) is -0.876. The molecule has 1 atom stereocenters. The summed E-state index contributed by atoms with van der Waals surface area (Å²) < 4.78 is 52.3. The molecule has 0 aromatic heterocycles. The number of hydrogen-bond acceptors (Lipinski definition) is 4. The third kappa shape index (κ3) is 6.46. The third-order valence-electron chi connectivity index (χ3n) is 2.83. The van der Waals surface area contributed by atoms with E-state index in [-0.39, 0.29) is 19.0 Å². The van der Waals surface area contributed by atoms with E-state index in [0.717, 1.165) is 6.42 Å². The average molecular weight is 328 g/mol. The molecule has 10 heteroatoms. The first kappa shape index (κ1) is 17.8. The van der Waals surface area contributed by atoms with Crippen LogP contribution >= 0.6 is 0 Å². The van der Waals surface area contributed by atoms with E-state index in [1.165, 1.54) is 4.31 Å². The first-order chi connectivity index (χ1) is 8.89. The van der Waals surface area contributed by atoms with E-state index in [4.69, 9.17) is 5.14 Å². The van der Waals surface area contributed by atoms with E-state index in [2.05, 4.69) is 9.44 Å². The van der Waals surface area contributed by atoms with E-state index < -0.39 is 26.0 Å². The minimum absolute atomic E-state index is 0.0707. The average Bonchev–Trinajstić information content (AvgIpc) is 2.22. The molecule has 0 radical (unpaired) electrons. The Hall–Kier alpha value is -0.260. The fraction of sp³-hybridized carbons (Fsp3) is 1.00. The van der Waals surface area contributed by atoms with E-state index in [0.29, 0.717) is 13.0 Å². The Morgan fingerprint density at radius 2 is 1.85 bits per heavy atom. The van der Waals surface area contributed by atoms with Gasteiger partial charge in [0.05, 0.1) is 0 Å². The van der Waals surface area contributed by atoms with Crippen molar-refractivity contribution in [2.24, 2.45) is 11.1 Å². The Bertz CT molecular complexity index is 524. The lowest BCUT2D eigenvalue weighted by atomic mass is 10.0. The molecule has 1 aliphatic rings. The predicted molar refractivity (Wildman–Crippen MR) is 77.2 cm³/mol. The van der Waals surface area contributed by atoms with Crippen molar-refractivity contribution in [3.63, 3.8) is 0 Å². The summed E-state index contributed by atoms with van der Waals surface area (Å²) in [4.78, 5) is 0. The van der Waals surface area contributed by atoms with Gasteiger partial charge in [-0.1, -0.05) is 0 Å². The summed E-state index contributed by atoms with van der Waals surface area (Å²) in [7, 11) is -7.29. The number of nitrogens with two attached hydrogens (primary N) is 1. The molecular weight excluding hydrogens is 304 g/mol.